The third-order valence-corrected chi connectivity index (χ3v) is 3.84. The van der Waals surface area contributed by atoms with E-state index in [9.17, 15) is 4.79 Å². The van der Waals surface area contributed by atoms with Crippen LogP contribution < -0.4 is 5.32 Å². The van der Waals surface area contributed by atoms with Crippen LogP contribution in [0.15, 0.2) is 24.3 Å². The minimum absolute atomic E-state index is 0.0765. The molecule has 0 spiro atoms. The normalized spacial score (nSPS) is 15.7. The number of ether oxygens (including phenoxy) is 1. The molecule has 6 nitrogen and oxygen atoms in total. The average Bonchev–Trinajstić information content (AvgIpc) is 3.00. The molecule has 0 aliphatic carbocycles. The second kappa shape index (κ2) is 6.70. The molecule has 1 saturated heterocycles. The number of nitrogens with one attached hydrogen (secondary N) is 2. The van der Waals surface area contributed by atoms with Crippen molar-refractivity contribution in [1.29, 1.82) is 0 Å². The van der Waals surface area contributed by atoms with Crippen LogP contribution in [0.25, 0.3) is 11.4 Å². The highest BCUT2D eigenvalue weighted by atomic mass is 16.5. The molecule has 0 atom stereocenters. The van der Waals surface area contributed by atoms with E-state index in [1.165, 1.54) is 0 Å². The molecule has 1 aromatic carbocycles. The number of amides is 1. The molecule has 2 aromatic rings. The van der Waals surface area contributed by atoms with Crippen molar-refractivity contribution >= 4 is 5.91 Å². The maximum Gasteiger partial charge on any atom is 0.223 e. The summed E-state index contributed by atoms with van der Waals surface area (Å²) in [6.07, 6.45) is 1.62. The highest BCUT2D eigenvalue weighted by molar-refractivity contribution is 5.78. The van der Waals surface area contributed by atoms with Gasteiger partial charge in [-0.25, -0.2) is 4.98 Å². The van der Waals surface area contributed by atoms with E-state index in [1.54, 1.807) is 0 Å². The lowest BCUT2D eigenvalue weighted by atomic mass is 9.99. The molecule has 1 aliphatic heterocycles. The zero-order valence-electron chi connectivity index (χ0n) is 12.6. The van der Waals surface area contributed by atoms with E-state index in [2.05, 4.69) is 20.5 Å². The fourth-order valence-electron chi connectivity index (χ4n) is 2.59. The van der Waals surface area contributed by atoms with Crippen LogP contribution in [0.3, 0.4) is 0 Å². The van der Waals surface area contributed by atoms with Crippen LogP contribution in [0, 0.1) is 12.8 Å². The van der Waals surface area contributed by atoms with Gasteiger partial charge in [-0.05, 0) is 31.4 Å². The van der Waals surface area contributed by atoms with Crippen LogP contribution in [0.1, 0.15) is 24.2 Å². The van der Waals surface area contributed by atoms with Gasteiger partial charge < -0.3 is 10.1 Å². The second-order valence-corrected chi connectivity index (χ2v) is 5.55. The van der Waals surface area contributed by atoms with Gasteiger partial charge in [-0.3, -0.25) is 9.89 Å². The first kappa shape index (κ1) is 14.7. The lowest BCUT2D eigenvalue weighted by Gasteiger charge is -2.21. The number of carbonyl (C=O) groups excluding carboxylic acids is 1. The molecule has 2 N–H and O–H groups in total. The van der Waals surface area contributed by atoms with E-state index in [0.717, 1.165) is 29.8 Å². The van der Waals surface area contributed by atoms with Crippen LogP contribution in [0.4, 0.5) is 0 Å². The summed E-state index contributed by atoms with van der Waals surface area (Å²) in [6, 6.07) is 7.92. The van der Waals surface area contributed by atoms with Crippen LogP contribution in [-0.2, 0) is 16.1 Å². The maximum atomic E-state index is 12.1. The first-order valence-electron chi connectivity index (χ1n) is 7.56. The zero-order chi connectivity index (χ0) is 15.4. The van der Waals surface area contributed by atoms with Gasteiger partial charge >= 0.3 is 0 Å². The summed E-state index contributed by atoms with van der Waals surface area (Å²) < 4.78 is 5.28. The lowest BCUT2D eigenvalue weighted by Crippen LogP contribution is -2.33. The predicted octanol–water partition coefficient (Wildman–Crippen LogP) is 1.82. The molecule has 2 heterocycles. The third kappa shape index (κ3) is 3.51. The number of carbonyl (C=O) groups is 1. The molecular weight excluding hydrogens is 280 g/mol. The van der Waals surface area contributed by atoms with Crippen molar-refractivity contribution in [3.63, 3.8) is 0 Å². The lowest BCUT2D eigenvalue weighted by molar-refractivity contribution is -0.128. The monoisotopic (exact) mass is 300 g/mol. The minimum Gasteiger partial charge on any atom is -0.381 e. The molecule has 0 unspecified atom stereocenters. The predicted molar refractivity (Wildman–Crippen MR) is 81.9 cm³/mol. The average molecular weight is 300 g/mol. The maximum absolute atomic E-state index is 12.1. The Hall–Kier alpha value is -2.21. The van der Waals surface area contributed by atoms with Crippen molar-refractivity contribution < 1.29 is 9.53 Å². The van der Waals surface area contributed by atoms with Gasteiger partial charge in [0.05, 0.1) is 0 Å². The molecule has 1 aliphatic rings. The number of aromatic nitrogens is 3. The van der Waals surface area contributed by atoms with Crippen LogP contribution >= 0.6 is 0 Å². The Bertz CT molecular complexity index is 647. The van der Waals surface area contributed by atoms with Crippen molar-refractivity contribution in [2.24, 2.45) is 5.92 Å². The molecule has 1 aromatic heterocycles. The van der Waals surface area contributed by atoms with E-state index in [-0.39, 0.29) is 11.8 Å². The smallest absolute Gasteiger partial charge is 0.223 e. The molecule has 6 heteroatoms. The third-order valence-electron chi connectivity index (χ3n) is 3.84. The Morgan fingerprint density at radius 1 is 1.41 bits per heavy atom. The summed E-state index contributed by atoms with van der Waals surface area (Å²) in [5.41, 5.74) is 1.99. The molecule has 116 valence electrons. The summed E-state index contributed by atoms with van der Waals surface area (Å²) in [7, 11) is 0. The van der Waals surface area contributed by atoms with Crippen LogP contribution in [0.5, 0.6) is 0 Å². The van der Waals surface area contributed by atoms with Gasteiger partial charge in [0.2, 0.25) is 5.91 Å². The number of aromatic amines is 1. The van der Waals surface area contributed by atoms with E-state index in [0.29, 0.717) is 25.6 Å². The van der Waals surface area contributed by atoms with E-state index < -0.39 is 0 Å². The largest absolute Gasteiger partial charge is 0.381 e. The number of hydrogen-bond donors (Lipinski definition) is 2. The standard InChI is InChI=1S/C16H20N4O2/c1-11-18-15(20-19-11)14-4-2-3-12(9-14)10-17-16(21)13-5-7-22-8-6-13/h2-4,9,13H,5-8,10H2,1H3,(H,17,21)(H,18,19,20). The van der Waals surface area contributed by atoms with Crippen molar-refractivity contribution in [1.82, 2.24) is 20.5 Å². The van der Waals surface area contributed by atoms with Gasteiger partial charge in [0, 0.05) is 31.2 Å². The van der Waals surface area contributed by atoms with Gasteiger partial charge in [0.25, 0.3) is 0 Å². The van der Waals surface area contributed by atoms with Gasteiger partial charge in [-0.1, -0.05) is 18.2 Å². The number of nitrogens with zero attached hydrogens (tertiary/aromatic N) is 2. The van der Waals surface area contributed by atoms with Gasteiger partial charge in [0.15, 0.2) is 5.82 Å². The van der Waals surface area contributed by atoms with Crippen molar-refractivity contribution in [3.05, 3.63) is 35.7 Å². The number of rotatable bonds is 4. The van der Waals surface area contributed by atoms with Crippen molar-refractivity contribution in [2.75, 3.05) is 13.2 Å². The second-order valence-electron chi connectivity index (χ2n) is 5.55. The molecule has 0 saturated carbocycles. The summed E-state index contributed by atoms with van der Waals surface area (Å²) in [4.78, 5) is 16.5. The van der Waals surface area contributed by atoms with E-state index in [4.69, 9.17) is 4.74 Å². The molecule has 1 amide bonds. The minimum atomic E-state index is 0.0765. The number of benzene rings is 1. The van der Waals surface area contributed by atoms with E-state index >= 15 is 0 Å². The SMILES string of the molecule is Cc1nc(-c2cccc(CNC(=O)C3CCOCC3)c2)n[nH]1. The fraction of sp³-hybridized carbons (Fsp3) is 0.438. The summed E-state index contributed by atoms with van der Waals surface area (Å²) in [5, 5.41) is 10.0. The Kier molecular flexibility index (Phi) is 4.48. The molecule has 3 rings (SSSR count). The quantitative estimate of drug-likeness (QED) is 0.902. The van der Waals surface area contributed by atoms with Crippen LogP contribution in [0.2, 0.25) is 0 Å². The van der Waals surface area contributed by atoms with Crippen LogP contribution in [-0.4, -0.2) is 34.3 Å². The first-order valence-corrected chi connectivity index (χ1v) is 7.56. The Morgan fingerprint density at radius 3 is 2.95 bits per heavy atom. The van der Waals surface area contributed by atoms with Gasteiger partial charge in [0.1, 0.15) is 5.82 Å². The highest BCUT2D eigenvalue weighted by Crippen LogP contribution is 2.17. The topological polar surface area (TPSA) is 79.9 Å². The number of H-pyrrole nitrogens is 1. The van der Waals surface area contributed by atoms with Crippen molar-refractivity contribution in [2.45, 2.75) is 26.3 Å². The van der Waals surface area contributed by atoms with E-state index in [1.807, 2.05) is 31.2 Å². The summed E-state index contributed by atoms with van der Waals surface area (Å²) in [5.74, 6) is 1.65. The Labute approximate surface area is 129 Å². The first-order chi connectivity index (χ1) is 10.7. The molecule has 0 radical (unpaired) electrons. The number of hydrogen-bond acceptors (Lipinski definition) is 4. The summed E-state index contributed by atoms with van der Waals surface area (Å²) >= 11 is 0. The molecule has 0 bridgehead atoms. The van der Waals surface area contributed by atoms with Crippen molar-refractivity contribution in [3.8, 4) is 11.4 Å². The Balaban J connectivity index is 1.62. The highest BCUT2D eigenvalue weighted by Gasteiger charge is 2.21. The summed E-state index contributed by atoms with van der Waals surface area (Å²) in [6.45, 7) is 3.75. The fourth-order valence-corrected chi connectivity index (χ4v) is 2.59. The molecule has 1 fully saturated rings. The van der Waals surface area contributed by atoms with Gasteiger partial charge in [-0.15, -0.1) is 0 Å². The van der Waals surface area contributed by atoms with Gasteiger partial charge in [-0.2, -0.15) is 5.10 Å². The molecular formula is C16H20N4O2. The zero-order valence-corrected chi connectivity index (χ0v) is 12.6. The number of aryl methyl sites for hydroxylation is 1. The Morgan fingerprint density at radius 2 is 2.23 bits per heavy atom. The molecule has 22 heavy (non-hydrogen) atoms.